The Labute approximate surface area is 196 Å². The largest absolute Gasteiger partial charge is 0.378 e. The summed E-state index contributed by atoms with van der Waals surface area (Å²) >= 11 is 0. The summed E-state index contributed by atoms with van der Waals surface area (Å²) in [6, 6.07) is 3.92. The van der Waals surface area contributed by atoms with Gasteiger partial charge in [0, 0.05) is 16.5 Å². The monoisotopic (exact) mass is 477 g/mol. The van der Waals surface area contributed by atoms with E-state index in [0.717, 1.165) is 56.5 Å². The maximum absolute atomic E-state index is 14.6. The second-order valence-electron chi connectivity index (χ2n) is 9.90. The SMILES string of the molecule is C[C@@H](Nc1n[nH]c2c1CN(C(=O)C1(C)CCN(C3COC3)CC1)C2)c1cccc(C(F)F)c1F. The van der Waals surface area contributed by atoms with Crippen molar-refractivity contribution in [1.29, 1.82) is 0 Å². The van der Waals surface area contributed by atoms with Crippen molar-refractivity contribution in [3.63, 3.8) is 0 Å². The average Bonchev–Trinajstić information content (AvgIpc) is 3.35. The quantitative estimate of drug-likeness (QED) is 0.658. The van der Waals surface area contributed by atoms with E-state index in [1.165, 1.54) is 12.1 Å². The van der Waals surface area contributed by atoms with Crippen LogP contribution in [-0.2, 0) is 22.6 Å². The number of hydrogen-bond donors (Lipinski definition) is 2. The number of hydrogen-bond acceptors (Lipinski definition) is 5. The molecule has 0 aliphatic carbocycles. The second kappa shape index (κ2) is 8.88. The number of benzene rings is 1. The highest BCUT2D eigenvalue weighted by atomic mass is 19.3. The molecule has 4 heterocycles. The molecule has 2 saturated heterocycles. The topological polar surface area (TPSA) is 73.5 Å². The molecular formula is C24H30F3N5O2. The summed E-state index contributed by atoms with van der Waals surface area (Å²) in [5.41, 5.74) is 0.837. The zero-order chi connectivity index (χ0) is 24.0. The number of likely N-dealkylation sites (tertiary alicyclic amines) is 1. The molecule has 2 aromatic rings. The van der Waals surface area contributed by atoms with Crippen LogP contribution in [0.25, 0.3) is 0 Å². The third-order valence-electron chi connectivity index (χ3n) is 7.61. The molecule has 1 amide bonds. The first-order valence-corrected chi connectivity index (χ1v) is 11.8. The van der Waals surface area contributed by atoms with Crippen LogP contribution in [0.15, 0.2) is 18.2 Å². The van der Waals surface area contributed by atoms with Crippen molar-refractivity contribution in [1.82, 2.24) is 20.0 Å². The fourth-order valence-corrected chi connectivity index (χ4v) is 5.17. The first-order chi connectivity index (χ1) is 16.3. The van der Waals surface area contributed by atoms with Crippen molar-refractivity contribution in [3.8, 4) is 0 Å². The molecule has 0 radical (unpaired) electrons. The van der Waals surface area contributed by atoms with E-state index in [4.69, 9.17) is 4.74 Å². The molecule has 0 bridgehead atoms. The molecule has 1 aromatic carbocycles. The summed E-state index contributed by atoms with van der Waals surface area (Å²) in [6.07, 6.45) is -1.25. The first kappa shape index (κ1) is 23.2. The number of piperidine rings is 1. The predicted octanol–water partition coefficient (Wildman–Crippen LogP) is 4.00. The first-order valence-electron chi connectivity index (χ1n) is 11.8. The van der Waals surface area contributed by atoms with Gasteiger partial charge in [-0.15, -0.1) is 0 Å². The number of rotatable bonds is 6. The summed E-state index contributed by atoms with van der Waals surface area (Å²) in [6.45, 7) is 7.96. The number of anilines is 1. The molecule has 2 N–H and O–H groups in total. The molecule has 0 unspecified atom stereocenters. The van der Waals surface area contributed by atoms with Gasteiger partial charge in [-0.25, -0.2) is 13.2 Å². The smallest absolute Gasteiger partial charge is 0.266 e. The Morgan fingerprint density at radius 2 is 1.94 bits per heavy atom. The van der Waals surface area contributed by atoms with Gasteiger partial charge in [0.15, 0.2) is 5.82 Å². The van der Waals surface area contributed by atoms with E-state index in [1.807, 2.05) is 4.90 Å². The zero-order valence-electron chi connectivity index (χ0n) is 19.4. The number of alkyl halides is 2. The summed E-state index contributed by atoms with van der Waals surface area (Å²) in [5, 5.41) is 10.4. The van der Waals surface area contributed by atoms with Crippen molar-refractivity contribution >= 4 is 11.7 Å². The summed E-state index contributed by atoms with van der Waals surface area (Å²) < 4.78 is 46.1. The van der Waals surface area contributed by atoms with Gasteiger partial charge >= 0.3 is 0 Å². The van der Waals surface area contributed by atoms with Crippen LogP contribution < -0.4 is 5.32 Å². The number of carbonyl (C=O) groups excluding carboxylic acids is 1. The Hall–Kier alpha value is -2.59. The molecule has 0 saturated carbocycles. The van der Waals surface area contributed by atoms with Crippen LogP contribution in [0.1, 0.15) is 61.5 Å². The van der Waals surface area contributed by atoms with Gasteiger partial charge in [-0.05, 0) is 32.9 Å². The number of nitrogens with one attached hydrogen (secondary N) is 2. The highest BCUT2D eigenvalue weighted by Gasteiger charge is 2.43. The number of amides is 1. The van der Waals surface area contributed by atoms with E-state index >= 15 is 0 Å². The van der Waals surface area contributed by atoms with Crippen molar-refractivity contribution in [3.05, 3.63) is 46.4 Å². The lowest BCUT2D eigenvalue weighted by molar-refractivity contribution is -0.147. The van der Waals surface area contributed by atoms with E-state index in [-0.39, 0.29) is 11.5 Å². The van der Waals surface area contributed by atoms with Crippen LogP contribution in [0.5, 0.6) is 0 Å². The minimum Gasteiger partial charge on any atom is -0.378 e. The van der Waals surface area contributed by atoms with Crippen LogP contribution in [0, 0.1) is 11.2 Å². The van der Waals surface area contributed by atoms with Gasteiger partial charge in [-0.2, -0.15) is 5.10 Å². The van der Waals surface area contributed by atoms with Gasteiger partial charge in [0.25, 0.3) is 6.43 Å². The van der Waals surface area contributed by atoms with Gasteiger partial charge in [0.05, 0.1) is 49.6 Å². The van der Waals surface area contributed by atoms with Crippen LogP contribution in [-0.4, -0.2) is 58.2 Å². The fraction of sp³-hybridized carbons (Fsp3) is 0.583. The maximum atomic E-state index is 14.6. The normalized spacial score (nSPS) is 21.4. The van der Waals surface area contributed by atoms with Crippen molar-refractivity contribution in [2.45, 2.75) is 58.3 Å². The Morgan fingerprint density at radius 1 is 1.24 bits per heavy atom. The summed E-state index contributed by atoms with van der Waals surface area (Å²) in [5.74, 6) is -0.255. The van der Waals surface area contributed by atoms with Gasteiger partial charge in [0.1, 0.15) is 5.82 Å². The number of nitrogens with zero attached hydrogens (tertiary/aromatic N) is 3. The van der Waals surface area contributed by atoms with Gasteiger partial charge in [-0.1, -0.05) is 25.1 Å². The molecule has 0 spiro atoms. The van der Waals surface area contributed by atoms with Crippen LogP contribution in [0.4, 0.5) is 19.0 Å². The molecule has 184 valence electrons. The van der Waals surface area contributed by atoms with Crippen LogP contribution >= 0.6 is 0 Å². The number of carbonyl (C=O) groups is 1. The third kappa shape index (κ3) is 4.07. The Bertz CT molecular complexity index is 1060. The second-order valence-corrected chi connectivity index (χ2v) is 9.90. The highest BCUT2D eigenvalue weighted by Crippen LogP contribution is 2.38. The van der Waals surface area contributed by atoms with Crippen molar-refractivity contribution < 1.29 is 22.7 Å². The third-order valence-corrected chi connectivity index (χ3v) is 7.61. The van der Waals surface area contributed by atoms with Crippen LogP contribution in [0.3, 0.4) is 0 Å². The zero-order valence-corrected chi connectivity index (χ0v) is 19.4. The molecule has 3 aliphatic heterocycles. The molecule has 5 rings (SSSR count). The van der Waals surface area contributed by atoms with Crippen LogP contribution in [0.2, 0.25) is 0 Å². The standard InChI is InChI=1S/C24H30F3N5O2/c1-14(16-4-3-5-17(20(16)25)21(26)27)28-22-18-10-32(11-19(18)29-30-22)23(33)24(2)6-8-31(9-7-24)15-12-34-13-15/h3-5,14-15,21H,6-13H2,1-2H3,(H2,28,29,30)/t14-/m1/s1. The van der Waals surface area contributed by atoms with E-state index < -0.39 is 29.3 Å². The predicted molar refractivity (Wildman–Crippen MR) is 120 cm³/mol. The molecule has 34 heavy (non-hydrogen) atoms. The Kier molecular flexibility index (Phi) is 6.05. The molecular weight excluding hydrogens is 447 g/mol. The number of aromatic amines is 1. The number of ether oxygens (including phenoxy) is 1. The van der Waals surface area contributed by atoms with E-state index in [0.29, 0.717) is 24.9 Å². The Balaban J connectivity index is 1.24. The minimum absolute atomic E-state index is 0.135. The summed E-state index contributed by atoms with van der Waals surface area (Å²) in [7, 11) is 0. The van der Waals surface area contributed by atoms with Gasteiger partial charge < -0.3 is 15.0 Å². The molecule has 7 nitrogen and oxygen atoms in total. The lowest BCUT2D eigenvalue weighted by Gasteiger charge is -2.45. The number of H-pyrrole nitrogens is 1. The fourth-order valence-electron chi connectivity index (χ4n) is 5.17. The van der Waals surface area contributed by atoms with E-state index in [1.54, 1.807) is 6.92 Å². The van der Waals surface area contributed by atoms with Gasteiger partial charge in [-0.3, -0.25) is 14.8 Å². The van der Waals surface area contributed by atoms with Crippen molar-refractivity contribution in [2.75, 3.05) is 31.6 Å². The van der Waals surface area contributed by atoms with Crippen molar-refractivity contribution in [2.24, 2.45) is 5.41 Å². The molecule has 1 atom stereocenters. The highest BCUT2D eigenvalue weighted by molar-refractivity contribution is 5.83. The van der Waals surface area contributed by atoms with E-state index in [9.17, 15) is 18.0 Å². The Morgan fingerprint density at radius 3 is 2.59 bits per heavy atom. The summed E-state index contributed by atoms with van der Waals surface area (Å²) in [4.78, 5) is 17.7. The molecule has 10 heteroatoms. The number of aromatic nitrogens is 2. The lowest BCUT2D eigenvalue weighted by atomic mass is 9.78. The molecule has 1 aromatic heterocycles. The van der Waals surface area contributed by atoms with Gasteiger partial charge in [0.2, 0.25) is 5.91 Å². The number of halogens is 3. The number of fused-ring (bicyclic) bond motifs is 1. The lowest BCUT2D eigenvalue weighted by Crippen LogP contribution is -2.55. The average molecular weight is 478 g/mol. The maximum Gasteiger partial charge on any atom is 0.266 e. The van der Waals surface area contributed by atoms with E-state index in [2.05, 4.69) is 27.3 Å². The molecule has 2 fully saturated rings. The minimum atomic E-state index is -2.88. The molecule has 3 aliphatic rings.